The maximum absolute atomic E-state index is 8.33. The molecule has 15 nitrogen and oxygen atoms in total. The van der Waals surface area contributed by atoms with Gasteiger partial charge in [0.1, 0.15) is 24.9 Å². The van der Waals surface area contributed by atoms with Crippen molar-refractivity contribution in [2.75, 3.05) is 0 Å². The molecule has 0 saturated carbocycles. The second-order valence-electron chi connectivity index (χ2n) is 2.08. The van der Waals surface area contributed by atoms with Gasteiger partial charge in [-0.1, -0.05) is 0 Å². The summed E-state index contributed by atoms with van der Waals surface area (Å²) >= 11 is 0. The predicted molar refractivity (Wildman–Crippen MR) is 82.8 cm³/mol. The maximum atomic E-state index is 8.33. The van der Waals surface area contributed by atoms with Gasteiger partial charge in [0.2, 0.25) is 0 Å². The van der Waals surface area contributed by atoms with Crippen LogP contribution in [0.1, 0.15) is 27.7 Å². The largest absolute Gasteiger partial charge is 0.652 e. The highest BCUT2D eigenvalue weighted by molar-refractivity contribution is 5.48. The van der Waals surface area contributed by atoms with Gasteiger partial charge in [-0.15, -0.1) is 0 Å². The lowest BCUT2D eigenvalue weighted by molar-refractivity contribution is -0.417. The van der Waals surface area contributed by atoms with Gasteiger partial charge in [0.25, 0.3) is 0 Å². The lowest BCUT2D eigenvalue weighted by atomic mass is 10.9. The summed E-state index contributed by atoms with van der Waals surface area (Å²) in [6, 6.07) is 0. The van der Waals surface area contributed by atoms with E-state index in [4.69, 9.17) is 66.7 Å². The number of hydrogen-bond acceptors (Lipinski definition) is 9. The third kappa shape index (κ3) is 597. The van der Waals surface area contributed by atoms with E-state index < -0.39 is 18.5 Å². The van der Waals surface area contributed by atoms with Crippen molar-refractivity contribution in [1.82, 2.24) is 12.3 Å². The van der Waals surface area contributed by atoms with Crippen molar-refractivity contribution in [3.8, 4) is 0 Å². The van der Waals surface area contributed by atoms with Crippen LogP contribution in [0.3, 0.4) is 0 Å². The van der Waals surface area contributed by atoms with Crippen molar-refractivity contribution in [2.45, 2.75) is 27.7 Å². The topological polar surface area (TPSA) is 365 Å². The fourth-order valence-corrected chi connectivity index (χ4v) is 0. The predicted octanol–water partition coefficient (Wildman–Crippen LogP) is -11.2. The van der Waals surface area contributed by atoms with Crippen LogP contribution in [0.25, 0.3) is 0 Å². The number of hydrogen-bond donors (Lipinski definition) is 6. The number of carbonyl (C=O) groups excluding carboxylic acids is 3. The molecule has 0 aromatic carbocycles. The van der Waals surface area contributed by atoms with Gasteiger partial charge in [-0.2, -0.15) is 0 Å². The zero-order chi connectivity index (χ0) is 21.6. The number of rotatable bonds is 0. The molecule has 0 heterocycles. The van der Waals surface area contributed by atoms with Gasteiger partial charge >= 0.3 is 0 Å². The highest BCUT2D eigenvalue weighted by Crippen LogP contribution is 1.21. The van der Waals surface area contributed by atoms with Crippen LogP contribution in [0.15, 0.2) is 0 Å². The van der Waals surface area contributed by atoms with E-state index in [1.165, 1.54) is 24.9 Å². The highest BCUT2D eigenvalue weighted by Gasteiger charge is 1.28. The first-order valence-electron chi connectivity index (χ1n) is 5.48. The Morgan fingerprint density at radius 3 is 0.500 bits per heavy atom. The smallest absolute Gasteiger partial charge is 0.133 e. The molecule has 26 heavy (non-hydrogen) atoms. The van der Waals surface area contributed by atoms with Crippen LogP contribution >= 0.6 is 0 Å². The maximum Gasteiger partial charge on any atom is 0.133 e. The SMILES string of the molecule is CC=[NH2+].CC=[NH2+].CC=[NH2+].CC=[NH2+].O=C([O-])[O-].O=C([O-])[O-].O=C([O-])[O-].[NH4+].[NH4+]. The first-order chi connectivity index (χ1) is 10.9. The number of carboxylic acid groups (broad SMARTS) is 6. The van der Waals surface area contributed by atoms with E-state index in [2.05, 4.69) is 0 Å². The van der Waals surface area contributed by atoms with Crippen molar-refractivity contribution in [3.05, 3.63) is 0 Å². The number of carbonyl (C=O) groups is 3. The molecule has 15 heteroatoms. The van der Waals surface area contributed by atoms with Gasteiger partial charge in [0.15, 0.2) is 0 Å². The van der Waals surface area contributed by atoms with Crippen LogP contribution in [0.2, 0.25) is 0 Å². The zero-order valence-electron chi connectivity index (χ0n) is 15.8. The summed E-state index contributed by atoms with van der Waals surface area (Å²) in [5.74, 6) is 0. The lowest BCUT2D eigenvalue weighted by Gasteiger charge is -1.96. The molecule has 0 aliphatic heterocycles. The van der Waals surface area contributed by atoms with Gasteiger partial charge in [-0.05, 0) is 18.5 Å². The molecule has 0 aromatic heterocycles. The van der Waals surface area contributed by atoms with Crippen LogP contribution in [-0.2, 0) is 0 Å². The molecule has 0 aromatic rings. The summed E-state index contributed by atoms with van der Waals surface area (Å²) in [6.07, 6.45) is -1.000. The van der Waals surface area contributed by atoms with Crippen LogP contribution in [-0.4, -0.2) is 43.3 Å². The number of nitrogens with two attached hydrogens (primary N) is 4. The van der Waals surface area contributed by atoms with Gasteiger partial charge in [0, 0.05) is 27.7 Å². The molecule has 0 fully saturated rings. The quantitative estimate of drug-likeness (QED) is 0.212. The first kappa shape index (κ1) is 57.1. The molecular weight excluding hydrogens is 360 g/mol. The third-order valence-corrected chi connectivity index (χ3v) is 0. The van der Waals surface area contributed by atoms with E-state index >= 15 is 0 Å². The van der Waals surface area contributed by atoms with Crippen molar-refractivity contribution in [2.24, 2.45) is 0 Å². The molecule has 0 unspecified atom stereocenters. The second-order valence-corrected chi connectivity index (χ2v) is 2.08. The molecule has 0 rings (SSSR count). The molecule has 0 amide bonds. The summed E-state index contributed by atoms with van der Waals surface area (Å²) in [5, 5.41) is 68.9. The molecule has 0 aliphatic rings. The molecule has 0 radical (unpaired) electrons. The molecule has 0 spiro atoms. The molecule has 0 aliphatic carbocycles. The van der Waals surface area contributed by atoms with E-state index in [0.29, 0.717) is 0 Å². The summed E-state index contributed by atoms with van der Waals surface area (Å²) in [7, 11) is 0. The Morgan fingerprint density at radius 1 is 0.500 bits per heavy atom. The Labute approximate surface area is 151 Å². The molecule has 0 atom stereocenters. The molecule has 160 valence electrons. The summed E-state index contributed by atoms with van der Waals surface area (Å²) < 4.78 is 0. The Morgan fingerprint density at radius 2 is 0.500 bits per heavy atom. The van der Waals surface area contributed by atoms with E-state index in [1.807, 2.05) is 0 Å². The van der Waals surface area contributed by atoms with Crippen LogP contribution < -0.4 is 64.6 Å². The zero-order valence-corrected chi connectivity index (χ0v) is 15.8. The van der Waals surface area contributed by atoms with Crippen LogP contribution in [0.5, 0.6) is 0 Å². The van der Waals surface area contributed by atoms with Crippen molar-refractivity contribution < 1.29 is 66.7 Å². The average Bonchev–Trinajstić information content (AvgIpc) is 2.29. The van der Waals surface area contributed by atoms with Crippen molar-refractivity contribution in [1.29, 1.82) is 0 Å². The molecular formula is C11H32N6O9. The average molecular weight is 392 g/mol. The third-order valence-electron chi connectivity index (χ3n) is 0. The van der Waals surface area contributed by atoms with Gasteiger partial charge < -0.3 is 57.3 Å². The van der Waals surface area contributed by atoms with Crippen LogP contribution in [0.4, 0.5) is 14.4 Å². The Balaban J connectivity index is -0.0000000184. The van der Waals surface area contributed by atoms with E-state index in [1.54, 1.807) is 27.7 Å². The first-order valence-corrected chi connectivity index (χ1v) is 5.48. The Bertz CT molecular complexity index is 250. The van der Waals surface area contributed by atoms with Crippen molar-refractivity contribution >= 4 is 43.3 Å². The van der Waals surface area contributed by atoms with Gasteiger partial charge in [0.05, 0.1) is 0 Å². The van der Waals surface area contributed by atoms with E-state index in [9.17, 15) is 0 Å². The summed E-state index contributed by atoms with van der Waals surface area (Å²) in [4.78, 5) is 25.0. The van der Waals surface area contributed by atoms with E-state index in [-0.39, 0.29) is 12.3 Å². The Kier molecular flexibility index (Phi) is 221. The molecule has 0 saturated heterocycles. The van der Waals surface area contributed by atoms with Crippen molar-refractivity contribution in [3.63, 3.8) is 0 Å². The Hall–Kier alpha value is -3.59. The fourth-order valence-electron chi connectivity index (χ4n) is 0. The lowest BCUT2D eigenvalue weighted by Crippen LogP contribution is -2.37. The minimum atomic E-state index is -2.33. The minimum Gasteiger partial charge on any atom is -0.652 e. The van der Waals surface area contributed by atoms with Gasteiger partial charge in [-0.25, -0.2) is 0 Å². The normalized spacial score (nSPS) is 4.77. The summed E-state index contributed by atoms with van der Waals surface area (Å²) in [5.41, 5.74) is 0. The minimum absolute atomic E-state index is 0. The van der Waals surface area contributed by atoms with Gasteiger partial charge in [-0.3, -0.25) is 21.6 Å². The van der Waals surface area contributed by atoms with E-state index in [0.717, 1.165) is 0 Å². The van der Waals surface area contributed by atoms with Crippen LogP contribution in [0, 0.1) is 0 Å². The second kappa shape index (κ2) is 101. The molecule has 16 N–H and O–H groups in total. The summed E-state index contributed by atoms with van der Waals surface area (Å²) in [6.45, 7) is 7.11. The fraction of sp³-hybridized carbons (Fsp3) is 0.364. The highest BCUT2D eigenvalue weighted by atomic mass is 16.6. The number of quaternary nitrogens is 2. The monoisotopic (exact) mass is 392 g/mol. The molecule has 0 bridgehead atoms. The standard InChI is InChI=1S/4C2H5N.3CH2O3.2H3N/c4*1-2-3;3*2-1(3)4;;/h4*2-3H,1H3;3*(H2,2,3,4);2*1H3.